The zero-order valence-corrected chi connectivity index (χ0v) is 15.1. The highest BCUT2D eigenvalue weighted by Gasteiger charge is 2.24. The van der Waals surface area contributed by atoms with Crippen molar-refractivity contribution >= 4 is 29.0 Å². The lowest BCUT2D eigenvalue weighted by Crippen LogP contribution is -2.47. The number of benzene rings is 1. The lowest BCUT2D eigenvalue weighted by molar-refractivity contribution is -0.119. The third kappa shape index (κ3) is 4.35. The van der Waals surface area contributed by atoms with Crippen LogP contribution >= 0.6 is 11.3 Å². The molecule has 0 saturated carbocycles. The maximum absolute atomic E-state index is 12.5. The highest BCUT2D eigenvalue weighted by atomic mass is 32.1. The number of nitrogens with one attached hydrogen (secondary N) is 2. The molecule has 6 heteroatoms. The summed E-state index contributed by atoms with van der Waals surface area (Å²) in [5, 5.41) is 7.48. The van der Waals surface area contributed by atoms with Crippen LogP contribution in [0.4, 0.5) is 10.5 Å². The van der Waals surface area contributed by atoms with E-state index in [4.69, 9.17) is 0 Å². The van der Waals surface area contributed by atoms with Gasteiger partial charge in [-0.1, -0.05) is 26.0 Å². The molecule has 0 fully saturated rings. The molecule has 0 saturated heterocycles. The summed E-state index contributed by atoms with van der Waals surface area (Å²) >= 11 is 1.67. The molecule has 1 atom stereocenters. The zero-order chi connectivity index (χ0) is 17.7. The summed E-state index contributed by atoms with van der Waals surface area (Å²) in [5.74, 6) is -0.331. The van der Waals surface area contributed by atoms with Crippen molar-refractivity contribution in [1.82, 2.24) is 5.32 Å². The molecular formula is C18H22N2O3S. The summed E-state index contributed by atoms with van der Waals surface area (Å²) in [7, 11) is 1.28. The van der Waals surface area contributed by atoms with Gasteiger partial charge in [0.25, 0.3) is 0 Å². The second-order valence-corrected chi connectivity index (χ2v) is 6.78. The van der Waals surface area contributed by atoms with Gasteiger partial charge in [-0.2, -0.15) is 0 Å². The number of anilines is 1. The minimum absolute atomic E-state index is 0.0631. The summed E-state index contributed by atoms with van der Waals surface area (Å²) in [5.41, 5.74) is 2.96. The summed E-state index contributed by atoms with van der Waals surface area (Å²) in [6, 6.07) is 9.10. The van der Waals surface area contributed by atoms with E-state index in [2.05, 4.69) is 28.4 Å². The van der Waals surface area contributed by atoms with Crippen molar-refractivity contribution in [2.24, 2.45) is 5.92 Å². The van der Waals surface area contributed by atoms with Crippen LogP contribution in [0.5, 0.6) is 0 Å². The Bertz CT molecular complexity index is 725. The van der Waals surface area contributed by atoms with Gasteiger partial charge in [0, 0.05) is 10.6 Å². The first kappa shape index (κ1) is 18.0. The first-order valence-electron chi connectivity index (χ1n) is 7.72. The molecule has 2 aromatic rings. The minimum atomic E-state index is -0.662. The van der Waals surface area contributed by atoms with Crippen molar-refractivity contribution in [3.05, 3.63) is 41.3 Å². The molecule has 0 aliphatic carbocycles. The smallest absolute Gasteiger partial charge is 0.407 e. The van der Waals surface area contributed by atoms with E-state index in [-0.39, 0.29) is 11.8 Å². The van der Waals surface area contributed by atoms with E-state index in [0.717, 1.165) is 5.56 Å². The summed E-state index contributed by atoms with van der Waals surface area (Å²) < 4.78 is 4.58. The topological polar surface area (TPSA) is 67.4 Å². The molecule has 24 heavy (non-hydrogen) atoms. The Morgan fingerprint density at radius 3 is 2.54 bits per heavy atom. The van der Waals surface area contributed by atoms with Crippen LogP contribution in [0, 0.1) is 12.8 Å². The summed E-state index contributed by atoms with van der Waals surface area (Å²) in [4.78, 5) is 25.1. The Hall–Kier alpha value is -2.34. The fraction of sp³-hybridized carbons (Fsp3) is 0.333. The van der Waals surface area contributed by atoms with Crippen molar-refractivity contribution in [3.63, 3.8) is 0 Å². The summed E-state index contributed by atoms with van der Waals surface area (Å²) in [6.07, 6.45) is -0.619. The molecule has 1 aromatic heterocycles. The van der Waals surface area contributed by atoms with E-state index >= 15 is 0 Å². The number of thiophene rings is 1. The number of carbonyl (C=O) groups is 2. The van der Waals surface area contributed by atoms with Crippen LogP contribution in [-0.4, -0.2) is 25.2 Å². The second kappa shape index (κ2) is 7.97. The van der Waals surface area contributed by atoms with Gasteiger partial charge in [-0.25, -0.2) is 4.79 Å². The molecule has 5 nitrogen and oxygen atoms in total. The number of ether oxygens (including phenoxy) is 1. The Morgan fingerprint density at radius 1 is 1.21 bits per heavy atom. The fourth-order valence-electron chi connectivity index (χ4n) is 2.35. The number of alkyl carbamates (subject to hydrolysis) is 1. The first-order valence-corrected chi connectivity index (χ1v) is 8.60. The quantitative estimate of drug-likeness (QED) is 0.858. The Kier molecular flexibility index (Phi) is 5.98. The average Bonchev–Trinajstić information content (AvgIpc) is 2.98. The van der Waals surface area contributed by atoms with Crippen molar-refractivity contribution in [2.45, 2.75) is 26.8 Å². The van der Waals surface area contributed by atoms with Gasteiger partial charge in [0.05, 0.1) is 7.11 Å². The lowest BCUT2D eigenvalue weighted by atomic mass is 10.0. The molecule has 2 rings (SSSR count). The highest BCUT2D eigenvalue weighted by molar-refractivity contribution is 7.13. The van der Waals surface area contributed by atoms with Gasteiger partial charge in [-0.3, -0.25) is 4.79 Å². The van der Waals surface area contributed by atoms with Gasteiger partial charge in [0.1, 0.15) is 6.04 Å². The zero-order valence-electron chi connectivity index (χ0n) is 14.3. The van der Waals surface area contributed by atoms with Gasteiger partial charge < -0.3 is 15.4 Å². The van der Waals surface area contributed by atoms with Crippen LogP contribution in [0.2, 0.25) is 0 Å². The molecule has 0 aliphatic heterocycles. The van der Waals surface area contributed by atoms with Crippen molar-refractivity contribution in [3.8, 4) is 10.4 Å². The van der Waals surface area contributed by atoms with E-state index in [1.165, 1.54) is 17.6 Å². The lowest BCUT2D eigenvalue weighted by Gasteiger charge is -2.21. The monoisotopic (exact) mass is 346 g/mol. The van der Waals surface area contributed by atoms with E-state index in [1.807, 2.05) is 43.5 Å². The molecule has 0 aliphatic rings. The Morgan fingerprint density at radius 2 is 1.96 bits per heavy atom. The number of hydrogen-bond acceptors (Lipinski definition) is 4. The van der Waals surface area contributed by atoms with Crippen LogP contribution in [-0.2, 0) is 9.53 Å². The van der Waals surface area contributed by atoms with Crippen molar-refractivity contribution < 1.29 is 14.3 Å². The predicted octanol–water partition coefficient (Wildman–Crippen LogP) is 4.04. The van der Waals surface area contributed by atoms with Gasteiger partial charge in [0.15, 0.2) is 0 Å². The van der Waals surface area contributed by atoms with Gasteiger partial charge in [-0.05, 0) is 47.5 Å². The molecule has 2 N–H and O–H groups in total. The molecule has 0 radical (unpaired) electrons. The number of hydrogen-bond donors (Lipinski definition) is 2. The van der Waals surface area contributed by atoms with Crippen LogP contribution in [0.1, 0.15) is 19.4 Å². The maximum atomic E-state index is 12.5. The third-order valence-electron chi connectivity index (χ3n) is 3.66. The first-order chi connectivity index (χ1) is 11.4. The number of carbonyl (C=O) groups excluding carboxylic acids is 2. The number of aryl methyl sites for hydroxylation is 1. The predicted molar refractivity (Wildman–Crippen MR) is 97.3 cm³/mol. The van der Waals surface area contributed by atoms with E-state index in [1.54, 1.807) is 11.3 Å². The molecule has 2 amide bonds. The normalized spacial score (nSPS) is 11.9. The third-order valence-corrected chi connectivity index (χ3v) is 4.73. The van der Waals surface area contributed by atoms with E-state index < -0.39 is 12.1 Å². The minimum Gasteiger partial charge on any atom is -0.453 e. The van der Waals surface area contributed by atoms with Crippen molar-refractivity contribution in [2.75, 3.05) is 12.4 Å². The Labute approximate surface area is 146 Å². The molecule has 0 spiro atoms. The molecular weight excluding hydrogens is 324 g/mol. The molecule has 0 unspecified atom stereocenters. The maximum Gasteiger partial charge on any atom is 0.407 e. The van der Waals surface area contributed by atoms with Crippen molar-refractivity contribution in [1.29, 1.82) is 0 Å². The number of rotatable bonds is 5. The van der Waals surface area contributed by atoms with E-state index in [9.17, 15) is 9.59 Å². The highest BCUT2D eigenvalue weighted by Crippen LogP contribution is 2.30. The number of methoxy groups -OCH3 is 1. The molecule has 0 bridgehead atoms. The largest absolute Gasteiger partial charge is 0.453 e. The van der Waals surface area contributed by atoms with Crippen LogP contribution in [0.25, 0.3) is 10.4 Å². The van der Waals surface area contributed by atoms with Gasteiger partial charge in [-0.15, -0.1) is 11.3 Å². The molecule has 1 heterocycles. The van der Waals surface area contributed by atoms with Gasteiger partial charge in [0.2, 0.25) is 5.91 Å². The second-order valence-electron chi connectivity index (χ2n) is 5.86. The Balaban J connectivity index is 2.16. The summed E-state index contributed by atoms with van der Waals surface area (Å²) in [6.45, 7) is 5.80. The van der Waals surface area contributed by atoms with E-state index in [0.29, 0.717) is 5.69 Å². The van der Waals surface area contributed by atoms with Crippen LogP contribution in [0.15, 0.2) is 35.7 Å². The molecule has 128 valence electrons. The van der Waals surface area contributed by atoms with Crippen LogP contribution in [0.3, 0.4) is 0 Å². The standard InChI is InChI=1S/C18H22N2O3S/c1-11(2)15(20-18(22)23-4)17(21)19-14-7-5-6-13(10-14)16-12(3)8-9-24-16/h5-11,15H,1-4H3,(H,19,21)(H,20,22)/t15-/m0/s1. The number of amides is 2. The SMILES string of the molecule is COC(=O)N[C@H](C(=O)Nc1cccc(-c2sccc2C)c1)C(C)C. The van der Waals surface area contributed by atoms with Gasteiger partial charge >= 0.3 is 6.09 Å². The fourth-order valence-corrected chi connectivity index (χ4v) is 3.27. The average molecular weight is 346 g/mol. The molecule has 1 aromatic carbocycles. The van der Waals surface area contributed by atoms with Crippen LogP contribution < -0.4 is 10.6 Å².